The second-order valence-electron chi connectivity index (χ2n) is 4.12. The zero-order chi connectivity index (χ0) is 15.5. The third-order valence-electron chi connectivity index (χ3n) is 2.75. The number of carbonyl (C=O) groups excluding carboxylic acids is 1. The molecule has 2 rings (SSSR count). The highest BCUT2D eigenvalue weighted by molar-refractivity contribution is 7.92. The molecule has 0 bridgehead atoms. The molecule has 2 aromatic carbocycles. The molecule has 6 nitrogen and oxygen atoms in total. The molecular weight excluding hydrogens is 294 g/mol. The number of methoxy groups -OCH3 is 1. The number of benzene rings is 2. The molecule has 0 spiro atoms. The first kappa shape index (κ1) is 14.9. The summed E-state index contributed by atoms with van der Waals surface area (Å²) in [5.41, 5.74) is 0.204. The normalized spacial score (nSPS) is 10.9. The van der Waals surface area contributed by atoms with Crippen LogP contribution in [-0.4, -0.2) is 21.5 Å². The third kappa shape index (κ3) is 3.32. The molecule has 0 unspecified atom stereocenters. The highest BCUT2D eigenvalue weighted by atomic mass is 32.2. The summed E-state index contributed by atoms with van der Waals surface area (Å²) in [6.45, 7) is 0. The predicted molar refractivity (Wildman–Crippen MR) is 74.6 cm³/mol. The Labute approximate surface area is 122 Å². The smallest absolute Gasteiger partial charge is 0.262 e. The van der Waals surface area contributed by atoms with Crippen molar-refractivity contribution in [1.29, 1.82) is 0 Å². The average Bonchev–Trinajstić information content (AvgIpc) is 2.47. The van der Waals surface area contributed by atoms with Crippen LogP contribution in [0.2, 0.25) is 0 Å². The number of carboxylic acid groups (broad SMARTS) is 1. The van der Waals surface area contributed by atoms with Gasteiger partial charge in [0, 0.05) is 0 Å². The van der Waals surface area contributed by atoms with Gasteiger partial charge >= 0.3 is 0 Å². The Kier molecular flexibility index (Phi) is 4.13. The van der Waals surface area contributed by atoms with Gasteiger partial charge in [-0.05, 0) is 29.8 Å². The van der Waals surface area contributed by atoms with Crippen LogP contribution >= 0.6 is 0 Å². The Balaban J connectivity index is 2.32. The number of aromatic carboxylic acids is 1. The van der Waals surface area contributed by atoms with Gasteiger partial charge in [0.1, 0.15) is 5.75 Å². The topological polar surface area (TPSA) is 95.5 Å². The van der Waals surface area contributed by atoms with Crippen LogP contribution in [0.4, 0.5) is 5.69 Å². The summed E-state index contributed by atoms with van der Waals surface area (Å²) in [5.74, 6) is -0.982. The molecule has 0 atom stereocenters. The third-order valence-corrected chi connectivity index (χ3v) is 4.13. The fourth-order valence-electron chi connectivity index (χ4n) is 1.70. The van der Waals surface area contributed by atoms with Crippen molar-refractivity contribution in [1.82, 2.24) is 0 Å². The SMILES string of the molecule is COc1ccccc1NS(=O)(=O)c1ccc(C(=O)[O-])cc1. The van der Waals surface area contributed by atoms with Crippen LogP contribution in [0.1, 0.15) is 10.4 Å². The standard InChI is InChI=1S/C14H13NO5S/c1-20-13-5-3-2-4-12(13)15-21(18,19)11-8-6-10(7-9-11)14(16)17/h2-9,15H,1H3,(H,16,17)/p-1. The molecule has 21 heavy (non-hydrogen) atoms. The largest absolute Gasteiger partial charge is 0.545 e. The van der Waals surface area contributed by atoms with E-state index in [1.807, 2.05) is 0 Å². The molecule has 0 fully saturated rings. The number of sulfonamides is 1. The van der Waals surface area contributed by atoms with Crippen molar-refractivity contribution in [3.63, 3.8) is 0 Å². The Morgan fingerprint density at radius 2 is 1.71 bits per heavy atom. The first-order valence-corrected chi connectivity index (χ1v) is 7.39. The van der Waals surface area contributed by atoms with Crippen LogP contribution in [0.5, 0.6) is 5.75 Å². The highest BCUT2D eigenvalue weighted by Crippen LogP contribution is 2.26. The van der Waals surface area contributed by atoms with E-state index in [0.717, 1.165) is 0 Å². The fraction of sp³-hybridized carbons (Fsp3) is 0.0714. The first-order valence-electron chi connectivity index (χ1n) is 5.91. The van der Waals surface area contributed by atoms with Gasteiger partial charge in [-0.2, -0.15) is 0 Å². The van der Waals surface area contributed by atoms with E-state index >= 15 is 0 Å². The van der Waals surface area contributed by atoms with Gasteiger partial charge in [-0.1, -0.05) is 24.3 Å². The van der Waals surface area contributed by atoms with Crippen LogP contribution in [0.3, 0.4) is 0 Å². The zero-order valence-corrected chi connectivity index (χ0v) is 11.9. The molecule has 0 amide bonds. The molecule has 2 aromatic rings. The van der Waals surface area contributed by atoms with Crippen molar-refractivity contribution in [2.75, 3.05) is 11.8 Å². The Morgan fingerprint density at radius 3 is 2.29 bits per heavy atom. The molecular formula is C14H12NO5S-. The van der Waals surface area contributed by atoms with E-state index in [-0.39, 0.29) is 10.5 Å². The number of ether oxygens (including phenoxy) is 1. The maximum atomic E-state index is 12.2. The molecule has 0 radical (unpaired) electrons. The van der Waals surface area contributed by atoms with Gasteiger partial charge in [-0.3, -0.25) is 4.72 Å². The Hall–Kier alpha value is -2.54. The van der Waals surface area contributed by atoms with E-state index in [2.05, 4.69) is 4.72 Å². The summed E-state index contributed by atoms with van der Waals surface area (Å²) >= 11 is 0. The second kappa shape index (κ2) is 5.84. The van der Waals surface area contributed by atoms with E-state index in [0.29, 0.717) is 11.4 Å². The minimum atomic E-state index is -3.83. The van der Waals surface area contributed by atoms with Gasteiger partial charge in [-0.15, -0.1) is 0 Å². The number of para-hydroxylation sites is 2. The number of hydrogen-bond donors (Lipinski definition) is 1. The number of carboxylic acids is 1. The van der Waals surface area contributed by atoms with Crippen LogP contribution in [0, 0.1) is 0 Å². The molecule has 0 aromatic heterocycles. The van der Waals surface area contributed by atoms with Crippen molar-refractivity contribution in [2.45, 2.75) is 4.90 Å². The molecule has 0 aliphatic rings. The number of nitrogens with one attached hydrogen (secondary N) is 1. The van der Waals surface area contributed by atoms with Gasteiger partial charge in [-0.25, -0.2) is 8.42 Å². The summed E-state index contributed by atoms with van der Waals surface area (Å²) in [7, 11) is -2.40. The monoisotopic (exact) mass is 306 g/mol. The summed E-state index contributed by atoms with van der Waals surface area (Å²) in [6, 6.07) is 11.3. The van der Waals surface area contributed by atoms with Gasteiger partial charge < -0.3 is 14.6 Å². The molecule has 0 heterocycles. The van der Waals surface area contributed by atoms with Gasteiger partial charge in [0.25, 0.3) is 10.0 Å². The van der Waals surface area contributed by atoms with Crippen LogP contribution < -0.4 is 14.6 Å². The van der Waals surface area contributed by atoms with E-state index < -0.39 is 16.0 Å². The summed E-state index contributed by atoms with van der Waals surface area (Å²) < 4.78 is 31.9. The lowest BCUT2D eigenvalue weighted by molar-refractivity contribution is -0.255. The minimum Gasteiger partial charge on any atom is -0.545 e. The van der Waals surface area contributed by atoms with Crippen LogP contribution in [-0.2, 0) is 10.0 Å². The zero-order valence-electron chi connectivity index (χ0n) is 11.1. The van der Waals surface area contributed by atoms with Gasteiger partial charge in [0.2, 0.25) is 0 Å². The van der Waals surface area contributed by atoms with Crippen molar-refractivity contribution < 1.29 is 23.1 Å². The van der Waals surface area contributed by atoms with Crippen molar-refractivity contribution >= 4 is 21.7 Å². The number of rotatable bonds is 5. The van der Waals surface area contributed by atoms with Crippen LogP contribution in [0.25, 0.3) is 0 Å². The Bertz CT molecular complexity index is 753. The molecule has 0 saturated heterocycles. The van der Waals surface area contributed by atoms with Crippen LogP contribution in [0.15, 0.2) is 53.4 Å². The number of hydrogen-bond acceptors (Lipinski definition) is 5. The van der Waals surface area contributed by atoms with Crippen molar-refractivity contribution in [2.24, 2.45) is 0 Å². The Morgan fingerprint density at radius 1 is 1.10 bits per heavy atom. The average molecular weight is 306 g/mol. The molecule has 7 heteroatoms. The van der Waals surface area contributed by atoms with E-state index in [9.17, 15) is 18.3 Å². The minimum absolute atomic E-state index is 0.0570. The van der Waals surface area contributed by atoms with Gasteiger partial charge in [0.05, 0.1) is 23.7 Å². The fourth-order valence-corrected chi connectivity index (χ4v) is 2.77. The van der Waals surface area contributed by atoms with Crippen molar-refractivity contribution in [3.05, 3.63) is 54.1 Å². The molecule has 0 saturated carbocycles. The second-order valence-corrected chi connectivity index (χ2v) is 5.80. The maximum Gasteiger partial charge on any atom is 0.262 e. The number of carbonyl (C=O) groups is 1. The maximum absolute atomic E-state index is 12.2. The van der Waals surface area contributed by atoms with E-state index in [1.54, 1.807) is 24.3 Å². The number of anilines is 1. The lowest BCUT2D eigenvalue weighted by Gasteiger charge is -2.12. The summed E-state index contributed by atoms with van der Waals surface area (Å²) in [5, 5.41) is 10.6. The quantitative estimate of drug-likeness (QED) is 0.884. The summed E-state index contributed by atoms with van der Waals surface area (Å²) in [6.07, 6.45) is 0. The lowest BCUT2D eigenvalue weighted by atomic mass is 10.2. The summed E-state index contributed by atoms with van der Waals surface area (Å²) in [4.78, 5) is 10.6. The molecule has 110 valence electrons. The van der Waals surface area contributed by atoms with Crippen molar-refractivity contribution in [3.8, 4) is 5.75 Å². The lowest BCUT2D eigenvalue weighted by Crippen LogP contribution is -2.22. The first-order chi connectivity index (χ1) is 9.94. The highest BCUT2D eigenvalue weighted by Gasteiger charge is 2.16. The molecule has 0 aliphatic carbocycles. The van der Waals surface area contributed by atoms with Gasteiger partial charge in [0.15, 0.2) is 0 Å². The predicted octanol–water partition coefficient (Wildman–Crippen LogP) is 0.859. The molecule has 0 aliphatic heterocycles. The van der Waals surface area contributed by atoms with E-state index in [1.165, 1.54) is 31.4 Å². The van der Waals surface area contributed by atoms with E-state index in [4.69, 9.17) is 4.74 Å². The molecule has 1 N–H and O–H groups in total.